The van der Waals surface area contributed by atoms with Crippen molar-refractivity contribution in [3.63, 3.8) is 0 Å². The summed E-state index contributed by atoms with van der Waals surface area (Å²) in [7, 11) is 0. The summed E-state index contributed by atoms with van der Waals surface area (Å²) in [6, 6.07) is 53.0. The van der Waals surface area contributed by atoms with Gasteiger partial charge in [0.1, 0.15) is 0 Å². The van der Waals surface area contributed by atoms with Crippen LogP contribution in [-0.4, -0.2) is 9.13 Å². The van der Waals surface area contributed by atoms with E-state index in [1.54, 1.807) is 0 Å². The Kier molecular flexibility index (Phi) is 5.67. The number of nitrogens with zero attached hydrogens (tertiary/aromatic N) is 2. The molecule has 0 spiro atoms. The lowest BCUT2D eigenvalue weighted by atomic mass is 9.98. The van der Waals surface area contributed by atoms with Crippen LogP contribution in [0.3, 0.4) is 0 Å². The summed E-state index contributed by atoms with van der Waals surface area (Å²) in [5.41, 5.74) is 13.8. The molecule has 0 amide bonds. The Balaban J connectivity index is 1.19. The van der Waals surface area contributed by atoms with Gasteiger partial charge in [-0.1, -0.05) is 103 Å². The van der Waals surface area contributed by atoms with Gasteiger partial charge in [0.25, 0.3) is 0 Å². The number of rotatable bonds is 4. The standard InChI is InChI=1S/C42H30N2/c1-3-11-29(12-4-1)30-19-23-34(24-20-30)44-40-18-10-8-16-36(40)38-28-32(22-26-42(38)44)31-21-25-41-37(27-31)35-15-7-9-17-39(35)43(41)33-13-5-2-6-14-33/h1-9,11-17,19-28H,10,18H2. The lowest BCUT2D eigenvalue weighted by Gasteiger charge is -2.14. The van der Waals surface area contributed by atoms with Gasteiger partial charge in [-0.3, -0.25) is 0 Å². The minimum atomic E-state index is 1.04. The number of hydrogen-bond donors (Lipinski definition) is 0. The Labute approximate surface area is 256 Å². The normalized spacial score (nSPS) is 12.7. The molecule has 0 fully saturated rings. The number of allylic oxidation sites excluding steroid dienone is 1. The molecule has 0 aliphatic heterocycles. The van der Waals surface area contributed by atoms with Crippen molar-refractivity contribution in [2.24, 2.45) is 0 Å². The monoisotopic (exact) mass is 562 g/mol. The van der Waals surface area contributed by atoms with Crippen molar-refractivity contribution in [2.45, 2.75) is 12.8 Å². The molecule has 1 aliphatic carbocycles. The summed E-state index contributed by atoms with van der Waals surface area (Å²) in [6.45, 7) is 0. The Hall–Kier alpha value is -5.60. The van der Waals surface area contributed by atoms with Crippen molar-refractivity contribution < 1.29 is 0 Å². The highest BCUT2D eigenvalue weighted by atomic mass is 15.0. The fourth-order valence-corrected chi connectivity index (χ4v) is 7.14. The molecular weight excluding hydrogens is 532 g/mol. The summed E-state index contributed by atoms with van der Waals surface area (Å²) < 4.78 is 4.85. The number of aromatic nitrogens is 2. The van der Waals surface area contributed by atoms with Crippen LogP contribution >= 0.6 is 0 Å². The molecule has 208 valence electrons. The van der Waals surface area contributed by atoms with Gasteiger partial charge in [-0.05, 0) is 89.7 Å². The van der Waals surface area contributed by atoms with E-state index in [1.807, 2.05) is 0 Å². The van der Waals surface area contributed by atoms with Crippen LogP contribution in [0.25, 0.3) is 72.4 Å². The molecule has 6 aromatic carbocycles. The number of benzene rings is 6. The lowest BCUT2D eigenvalue weighted by Crippen LogP contribution is -2.02. The van der Waals surface area contributed by atoms with E-state index in [0.717, 1.165) is 12.8 Å². The minimum Gasteiger partial charge on any atom is -0.313 e. The third kappa shape index (κ3) is 3.88. The molecule has 2 aromatic heterocycles. The zero-order valence-corrected chi connectivity index (χ0v) is 24.3. The summed E-state index contributed by atoms with van der Waals surface area (Å²) in [6.07, 6.45) is 6.76. The van der Waals surface area contributed by atoms with Crippen LogP contribution in [0.15, 0.2) is 152 Å². The summed E-state index contributed by atoms with van der Waals surface area (Å²) in [4.78, 5) is 0. The van der Waals surface area contributed by atoms with Gasteiger partial charge >= 0.3 is 0 Å². The van der Waals surface area contributed by atoms with Crippen LogP contribution in [0.5, 0.6) is 0 Å². The number of para-hydroxylation sites is 2. The molecule has 0 radical (unpaired) electrons. The molecule has 8 aromatic rings. The van der Waals surface area contributed by atoms with E-state index < -0.39 is 0 Å². The maximum absolute atomic E-state index is 2.48. The van der Waals surface area contributed by atoms with Crippen LogP contribution in [0.1, 0.15) is 17.7 Å². The minimum absolute atomic E-state index is 1.04. The third-order valence-corrected chi connectivity index (χ3v) is 9.19. The molecule has 0 N–H and O–H groups in total. The van der Waals surface area contributed by atoms with Gasteiger partial charge in [-0.25, -0.2) is 0 Å². The average molecular weight is 563 g/mol. The molecule has 9 rings (SSSR count). The fourth-order valence-electron chi connectivity index (χ4n) is 7.14. The second-order valence-electron chi connectivity index (χ2n) is 11.7. The van der Waals surface area contributed by atoms with Crippen LogP contribution in [0, 0.1) is 0 Å². The first-order valence-electron chi connectivity index (χ1n) is 15.4. The molecule has 44 heavy (non-hydrogen) atoms. The van der Waals surface area contributed by atoms with Crippen molar-refractivity contribution in [1.29, 1.82) is 0 Å². The van der Waals surface area contributed by atoms with Crippen LogP contribution < -0.4 is 0 Å². The maximum Gasteiger partial charge on any atom is 0.0541 e. The zero-order chi connectivity index (χ0) is 29.0. The summed E-state index contributed by atoms with van der Waals surface area (Å²) in [5, 5.41) is 3.87. The molecule has 0 atom stereocenters. The van der Waals surface area contributed by atoms with E-state index in [0.29, 0.717) is 0 Å². The Morgan fingerprint density at radius 3 is 1.75 bits per heavy atom. The highest BCUT2D eigenvalue weighted by molar-refractivity contribution is 6.10. The van der Waals surface area contributed by atoms with Crippen LogP contribution in [0.2, 0.25) is 0 Å². The van der Waals surface area contributed by atoms with Crippen molar-refractivity contribution in [1.82, 2.24) is 9.13 Å². The van der Waals surface area contributed by atoms with Gasteiger partial charge in [0.05, 0.1) is 16.6 Å². The highest BCUT2D eigenvalue weighted by Gasteiger charge is 2.20. The number of fused-ring (bicyclic) bond motifs is 6. The molecule has 2 heteroatoms. The van der Waals surface area contributed by atoms with Crippen molar-refractivity contribution in [3.05, 3.63) is 163 Å². The first kappa shape index (κ1) is 24.9. The molecule has 0 saturated carbocycles. The van der Waals surface area contributed by atoms with Gasteiger partial charge in [0, 0.05) is 38.8 Å². The summed E-state index contributed by atoms with van der Waals surface area (Å²) in [5.74, 6) is 0. The first-order chi connectivity index (χ1) is 21.8. The Morgan fingerprint density at radius 2 is 0.977 bits per heavy atom. The van der Waals surface area contributed by atoms with Crippen molar-refractivity contribution in [3.8, 4) is 33.6 Å². The van der Waals surface area contributed by atoms with E-state index >= 15 is 0 Å². The van der Waals surface area contributed by atoms with Gasteiger partial charge in [-0.15, -0.1) is 0 Å². The SMILES string of the molecule is C1=Cc2c(n(-c3ccc(-c4ccccc4)cc3)c3ccc(-c4ccc5c(c4)c4ccccc4n5-c4ccccc4)cc23)CC1. The van der Waals surface area contributed by atoms with Crippen LogP contribution in [-0.2, 0) is 6.42 Å². The predicted molar refractivity (Wildman–Crippen MR) is 186 cm³/mol. The maximum atomic E-state index is 2.48. The van der Waals surface area contributed by atoms with Gasteiger partial charge in [0.15, 0.2) is 0 Å². The van der Waals surface area contributed by atoms with Gasteiger partial charge in [0.2, 0.25) is 0 Å². The lowest BCUT2D eigenvalue weighted by molar-refractivity contribution is 0.888. The van der Waals surface area contributed by atoms with E-state index in [1.165, 1.54) is 77.6 Å². The molecular formula is C42H30N2. The number of hydrogen-bond acceptors (Lipinski definition) is 0. The second kappa shape index (κ2) is 10.00. The average Bonchev–Trinajstić information content (AvgIpc) is 3.61. The Morgan fingerprint density at radius 1 is 0.409 bits per heavy atom. The van der Waals surface area contributed by atoms with E-state index in [4.69, 9.17) is 0 Å². The van der Waals surface area contributed by atoms with E-state index in [9.17, 15) is 0 Å². The van der Waals surface area contributed by atoms with Gasteiger partial charge in [-0.2, -0.15) is 0 Å². The van der Waals surface area contributed by atoms with Crippen molar-refractivity contribution >= 4 is 38.8 Å². The largest absolute Gasteiger partial charge is 0.313 e. The first-order valence-corrected chi connectivity index (χ1v) is 15.4. The topological polar surface area (TPSA) is 9.86 Å². The predicted octanol–water partition coefficient (Wildman–Crippen LogP) is 11.0. The molecule has 0 saturated heterocycles. The zero-order valence-electron chi connectivity index (χ0n) is 24.3. The smallest absolute Gasteiger partial charge is 0.0541 e. The molecule has 2 nitrogen and oxygen atoms in total. The quantitative estimate of drug-likeness (QED) is 0.202. The Bertz CT molecular complexity index is 2350. The van der Waals surface area contributed by atoms with E-state index in [-0.39, 0.29) is 0 Å². The fraction of sp³-hybridized carbons (Fsp3) is 0.0476. The highest BCUT2D eigenvalue weighted by Crippen LogP contribution is 2.39. The summed E-state index contributed by atoms with van der Waals surface area (Å²) >= 11 is 0. The van der Waals surface area contributed by atoms with Crippen LogP contribution in [0.4, 0.5) is 0 Å². The molecule has 2 heterocycles. The van der Waals surface area contributed by atoms with Gasteiger partial charge < -0.3 is 9.13 Å². The van der Waals surface area contributed by atoms with E-state index in [2.05, 4.69) is 167 Å². The molecule has 0 unspecified atom stereocenters. The van der Waals surface area contributed by atoms with Crippen molar-refractivity contribution in [2.75, 3.05) is 0 Å². The molecule has 1 aliphatic rings. The second-order valence-corrected chi connectivity index (χ2v) is 11.7. The molecule has 0 bridgehead atoms. The third-order valence-electron chi connectivity index (χ3n) is 9.19.